The molecule has 0 spiro atoms. The molecule has 0 atom stereocenters. The van der Waals surface area contributed by atoms with Crippen LogP contribution in [0, 0.1) is 17.5 Å². The van der Waals surface area contributed by atoms with Crippen LogP contribution < -0.4 is 5.32 Å². The number of halogens is 3. The smallest absolute Gasteiger partial charge is 0.318 e. The van der Waals surface area contributed by atoms with Gasteiger partial charge in [0.15, 0.2) is 0 Å². The molecule has 2 N–H and O–H groups in total. The third kappa shape index (κ3) is 7.45. The van der Waals surface area contributed by atoms with Crippen molar-refractivity contribution < 1.29 is 27.8 Å². The van der Waals surface area contributed by atoms with E-state index < -0.39 is 17.5 Å². The number of hydrogen-bond acceptors (Lipinski definition) is 4. The molecule has 0 aliphatic carbocycles. The Morgan fingerprint density at radius 3 is 2.45 bits per heavy atom. The zero-order valence-corrected chi connectivity index (χ0v) is 18.7. The Morgan fingerprint density at radius 1 is 1.09 bits per heavy atom. The van der Waals surface area contributed by atoms with Gasteiger partial charge in [-0.15, -0.1) is 0 Å². The highest BCUT2D eigenvalue weighted by Crippen LogP contribution is 2.18. The van der Waals surface area contributed by atoms with Gasteiger partial charge in [-0.25, -0.2) is 18.0 Å². The maximum atomic E-state index is 14.5. The molecule has 1 fully saturated rings. The molecule has 9 heteroatoms. The minimum atomic E-state index is -0.741. The van der Waals surface area contributed by atoms with Gasteiger partial charge in [-0.1, -0.05) is 18.2 Å². The van der Waals surface area contributed by atoms with Crippen molar-refractivity contribution in [2.24, 2.45) is 0 Å². The van der Waals surface area contributed by atoms with E-state index in [1.807, 2.05) is 7.05 Å². The van der Waals surface area contributed by atoms with Gasteiger partial charge in [-0.3, -0.25) is 0 Å². The number of amides is 2. The molecule has 1 aliphatic rings. The fourth-order valence-corrected chi connectivity index (χ4v) is 3.75. The van der Waals surface area contributed by atoms with E-state index in [0.29, 0.717) is 11.1 Å². The quantitative estimate of drug-likeness (QED) is 0.557. The number of benzene rings is 2. The van der Waals surface area contributed by atoms with Gasteiger partial charge < -0.3 is 25.0 Å². The summed E-state index contributed by atoms with van der Waals surface area (Å²) in [7, 11) is 2.02. The number of aliphatic hydroxyl groups excluding tert-OH is 1. The topological polar surface area (TPSA) is 65.0 Å². The number of carbonyl (C=O) groups excluding carboxylic acids is 1. The van der Waals surface area contributed by atoms with Gasteiger partial charge in [0.2, 0.25) is 0 Å². The van der Waals surface area contributed by atoms with Crippen LogP contribution in [0.3, 0.4) is 0 Å². The van der Waals surface area contributed by atoms with E-state index in [4.69, 9.17) is 9.84 Å². The first-order valence-corrected chi connectivity index (χ1v) is 11.0. The summed E-state index contributed by atoms with van der Waals surface area (Å²) in [6, 6.07) is 7.40. The summed E-state index contributed by atoms with van der Waals surface area (Å²) in [6.07, 6.45) is 1.61. The summed E-state index contributed by atoms with van der Waals surface area (Å²) < 4.78 is 47.3. The van der Waals surface area contributed by atoms with Crippen molar-refractivity contribution in [1.82, 2.24) is 15.1 Å². The third-order valence-electron chi connectivity index (χ3n) is 5.69. The molecule has 2 aromatic carbocycles. The minimum Gasteiger partial charge on any atom is -0.394 e. The van der Waals surface area contributed by atoms with Crippen LogP contribution in [0.2, 0.25) is 0 Å². The molecule has 180 valence electrons. The SMILES string of the molecule is CN1CCC(NC(=O)N(Cc2ccc(COCCO)c(F)c2)Cc2ccc(F)cc2F)CC1. The van der Waals surface area contributed by atoms with Crippen LogP contribution >= 0.6 is 0 Å². The zero-order valence-electron chi connectivity index (χ0n) is 18.7. The second kappa shape index (κ2) is 12.0. The summed E-state index contributed by atoms with van der Waals surface area (Å²) in [5.74, 6) is -1.93. The molecule has 2 aromatic rings. The van der Waals surface area contributed by atoms with Crippen molar-refractivity contribution >= 4 is 6.03 Å². The van der Waals surface area contributed by atoms with Crippen molar-refractivity contribution in [3.05, 3.63) is 70.5 Å². The fraction of sp³-hybridized carbons (Fsp3) is 0.458. The second-order valence-corrected chi connectivity index (χ2v) is 8.32. The van der Waals surface area contributed by atoms with Gasteiger partial charge in [0.05, 0.1) is 26.4 Å². The normalized spacial score (nSPS) is 14.9. The van der Waals surface area contributed by atoms with Crippen molar-refractivity contribution in [1.29, 1.82) is 0 Å². The van der Waals surface area contributed by atoms with E-state index in [1.165, 1.54) is 17.0 Å². The molecule has 1 heterocycles. The fourth-order valence-electron chi connectivity index (χ4n) is 3.75. The number of nitrogens with one attached hydrogen (secondary N) is 1. The summed E-state index contributed by atoms with van der Waals surface area (Å²) >= 11 is 0. The third-order valence-corrected chi connectivity index (χ3v) is 5.69. The lowest BCUT2D eigenvalue weighted by atomic mass is 10.1. The molecule has 0 aromatic heterocycles. The molecule has 33 heavy (non-hydrogen) atoms. The first kappa shape index (κ1) is 25.0. The van der Waals surface area contributed by atoms with Crippen LogP contribution in [0.1, 0.15) is 29.5 Å². The number of likely N-dealkylation sites (tertiary alicyclic amines) is 1. The number of hydrogen-bond donors (Lipinski definition) is 2. The summed E-state index contributed by atoms with van der Waals surface area (Å²) in [5.41, 5.74) is 1.03. The Labute approximate surface area is 191 Å². The zero-order chi connectivity index (χ0) is 23.8. The lowest BCUT2D eigenvalue weighted by molar-refractivity contribution is 0.0799. The highest BCUT2D eigenvalue weighted by molar-refractivity contribution is 5.74. The van der Waals surface area contributed by atoms with Crippen molar-refractivity contribution in [2.75, 3.05) is 33.4 Å². The summed E-state index contributed by atoms with van der Waals surface area (Å²) in [4.78, 5) is 16.7. The Hall–Kier alpha value is -2.62. The van der Waals surface area contributed by atoms with E-state index >= 15 is 0 Å². The highest BCUT2D eigenvalue weighted by atomic mass is 19.1. The molecule has 0 saturated carbocycles. The van der Waals surface area contributed by atoms with E-state index in [2.05, 4.69) is 10.2 Å². The van der Waals surface area contributed by atoms with Gasteiger partial charge >= 0.3 is 6.03 Å². The van der Waals surface area contributed by atoms with Crippen molar-refractivity contribution in [3.8, 4) is 0 Å². The number of rotatable bonds is 9. The lowest BCUT2D eigenvalue weighted by Gasteiger charge is -2.32. The molecule has 0 unspecified atom stereocenters. The predicted molar refractivity (Wildman–Crippen MR) is 118 cm³/mol. The monoisotopic (exact) mass is 465 g/mol. The number of carbonyl (C=O) groups is 1. The van der Waals surface area contributed by atoms with Gasteiger partial charge in [0.1, 0.15) is 17.5 Å². The molecule has 6 nitrogen and oxygen atoms in total. The molecule has 1 saturated heterocycles. The molecule has 2 amide bonds. The number of nitrogens with zero attached hydrogens (tertiary/aromatic N) is 2. The number of piperidine rings is 1. The van der Waals surface area contributed by atoms with E-state index in [-0.39, 0.29) is 50.5 Å². The van der Waals surface area contributed by atoms with E-state index in [1.54, 1.807) is 12.1 Å². The molecule has 0 radical (unpaired) electrons. The van der Waals surface area contributed by atoms with Crippen LogP contribution in [0.25, 0.3) is 0 Å². The molecular weight excluding hydrogens is 435 g/mol. The van der Waals surface area contributed by atoms with E-state index in [0.717, 1.165) is 38.1 Å². The molecule has 1 aliphatic heterocycles. The lowest BCUT2D eigenvalue weighted by Crippen LogP contribution is -2.48. The number of aliphatic hydroxyl groups is 1. The maximum absolute atomic E-state index is 14.5. The van der Waals surface area contributed by atoms with Gasteiger partial charge in [-0.05, 0) is 50.7 Å². The highest BCUT2D eigenvalue weighted by Gasteiger charge is 2.23. The van der Waals surface area contributed by atoms with Crippen molar-refractivity contribution in [2.45, 2.75) is 38.6 Å². The number of urea groups is 1. The van der Waals surface area contributed by atoms with Crippen LogP contribution in [-0.4, -0.2) is 60.3 Å². The Morgan fingerprint density at radius 2 is 1.79 bits per heavy atom. The minimum absolute atomic E-state index is 0.00273. The number of ether oxygens (including phenoxy) is 1. The van der Waals surface area contributed by atoms with Gasteiger partial charge in [-0.2, -0.15) is 0 Å². The first-order chi connectivity index (χ1) is 15.9. The van der Waals surface area contributed by atoms with Crippen molar-refractivity contribution in [3.63, 3.8) is 0 Å². The first-order valence-electron chi connectivity index (χ1n) is 11.0. The molecule has 0 bridgehead atoms. The molecule has 3 rings (SSSR count). The van der Waals surface area contributed by atoms with Gasteiger partial charge in [0, 0.05) is 29.8 Å². The Balaban J connectivity index is 1.74. The maximum Gasteiger partial charge on any atom is 0.318 e. The average molecular weight is 466 g/mol. The predicted octanol–water partition coefficient (Wildman–Crippen LogP) is 3.42. The van der Waals surface area contributed by atoms with Crippen LogP contribution in [-0.2, 0) is 24.4 Å². The van der Waals surface area contributed by atoms with E-state index in [9.17, 15) is 18.0 Å². The van der Waals surface area contributed by atoms with Gasteiger partial charge in [0.25, 0.3) is 0 Å². The standard InChI is InChI=1S/C24H30F3N3O3/c1-29-8-6-21(7-9-29)28-24(32)30(15-18-4-5-20(25)13-23(18)27)14-17-2-3-19(22(26)12-17)16-33-11-10-31/h2-5,12-13,21,31H,6-11,14-16H2,1H3,(H,28,32). The molecular formula is C24H30F3N3O3. The largest absolute Gasteiger partial charge is 0.394 e. The summed E-state index contributed by atoms with van der Waals surface area (Å²) in [6.45, 7) is 1.66. The second-order valence-electron chi connectivity index (χ2n) is 8.32. The Bertz CT molecular complexity index is 936. The van der Waals surface area contributed by atoms with Crippen LogP contribution in [0.4, 0.5) is 18.0 Å². The average Bonchev–Trinajstić information content (AvgIpc) is 2.78. The summed E-state index contributed by atoms with van der Waals surface area (Å²) in [5, 5.41) is 11.8. The van der Waals surface area contributed by atoms with Crippen LogP contribution in [0.15, 0.2) is 36.4 Å². The Kier molecular flexibility index (Phi) is 9.11. The van der Waals surface area contributed by atoms with Crippen LogP contribution in [0.5, 0.6) is 0 Å².